The first kappa shape index (κ1) is 12.8. The number of fused-ring (bicyclic) bond motifs is 1. The molecule has 0 aliphatic heterocycles. The second kappa shape index (κ2) is 5.04. The van der Waals surface area contributed by atoms with Gasteiger partial charge in [-0.25, -0.2) is 4.39 Å². The van der Waals surface area contributed by atoms with Crippen LogP contribution in [0.15, 0.2) is 54.7 Å². The average molecular weight is 265 g/mol. The van der Waals surface area contributed by atoms with Crippen LogP contribution >= 0.6 is 0 Å². The van der Waals surface area contributed by atoms with Gasteiger partial charge in [0.25, 0.3) is 0 Å². The Morgan fingerprint density at radius 1 is 0.900 bits per heavy atom. The topological polar surface area (TPSA) is 12.9 Å². The molecule has 100 valence electrons. The molecule has 0 unspecified atom stereocenters. The zero-order chi connectivity index (χ0) is 14.1. The van der Waals surface area contributed by atoms with Crippen LogP contribution < -0.4 is 0 Å². The maximum Gasteiger partial charge on any atom is 0.142 e. The van der Waals surface area contributed by atoms with Crippen LogP contribution in [0.1, 0.15) is 25.3 Å². The van der Waals surface area contributed by atoms with Gasteiger partial charge in [0.1, 0.15) is 5.82 Å². The number of nitrogens with zero attached hydrogens (tertiary/aromatic N) is 1. The molecule has 0 spiro atoms. The van der Waals surface area contributed by atoms with Crippen molar-refractivity contribution >= 4 is 10.9 Å². The number of rotatable bonds is 2. The number of pyridine rings is 1. The lowest BCUT2D eigenvalue weighted by Gasteiger charge is -2.08. The molecule has 20 heavy (non-hydrogen) atoms. The van der Waals surface area contributed by atoms with E-state index in [0.29, 0.717) is 5.92 Å². The fourth-order valence-corrected chi connectivity index (χ4v) is 2.34. The Bertz CT molecular complexity index is 745. The second-order valence-electron chi connectivity index (χ2n) is 5.34. The van der Waals surface area contributed by atoms with E-state index >= 15 is 0 Å². The van der Waals surface area contributed by atoms with E-state index < -0.39 is 0 Å². The van der Waals surface area contributed by atoms with Gasteiger partial charge in [-0.2, -0.15) is 0 Å². The van der Waals surface area contributed by atoms with Crippen molar-refractivity contribution in [1.82, 2.24) is 4.98 Å². The summed E-state index contributed by atoms with van der Waals surface area (Å²) in [6, 6.07) is 16.0. The molecule has 0 atom stereocenters. The number of hydrogen-bond donors (Lipinski definition) is 0. The summed E-state index contributed by atoms with van der Waals surface area (Å²) in [6.45, 7) is 4.36. The van der Waals surface area contributed by atoms with Gasteiger partial charge in [0, 0.05) is 5.39 Å². The number of aromatic nitrogens is 1. The minimum Gasteiger partial charge on any atom is -0.253 e. The first-order valence-electron chi connectivity index (χ1n) is 6.79. The molecule has 0 bridgehead atoms. The first-order valence-corrected chi connectivity index (χ1v) is 6.79. The SMILES string of the molecule is CC(C)c1ccc(-c2ccc3ncc(F)cc3c2)cc1. The van der Waals surface area contributed by atoms with Crippen molar-refractivity contribution in [2.75, 3.05) is 0 Å². The molecule has 1 aromatic heterocycles. The minimum absolute atomic E-state index is 0.301. The van der Waals surface area contributed by atoms with Crippen LogP contribution in [0, 0.1) is 5.82 Å². The first-order chi connectivity index (χ1) is 9.63. The van der Waals surface area contributed by atoms with Crippen molar-refractivity contribution < 1.29 is 4.39 Å². The van der Waals surface area contributed by atoms with Gasteiger partial charge in [-0.15, -0.1) is 0 Å². The second-order valence-corrected chi connectivity index (χ2v) is 5.34. The molecule has 0 amide bonds. The van der Waals surface area contributed by atoms with Crippen LogP contribution in [0.2, 0.25) is 0 Å². The van der Waals surface area contributed by atoms with Crippen molar-refractivity contribution in [2.45, 2.75) is 19.8 Å². The van der Waals surface area contributed by atoms with Crippen molar-refractivity contribution in [3.63, 3.8) is 0 Å². The normalized spacial score (nSPS) is 11.2. The van der Waals surface area contributed by atoms with Gasteiger partial charge in [-0.1, -0.05) is 44.2 Å². The standard InChI is InChI=1S/C18H16FN/c1-12(2)13-3-5-14(6-4-13)15-7-8-18-16(9-15)10-17(19)11-20-18/h3-12H,1-2H3. The molecule has 1 nitrogen and oxygen atoms in total. The van der Waals surface area contributed by atoms with Crippen LogP contribution in [0.25, 0.3) is 22.0 Å². The van der Waals surface area contributed by atoms with Crippen LogP contribution in [-0.2, 0) is 0 Å². The summed E-state index contributed by atoms with van der Waals surface area (Å²) < 4.78 is 13.3. The average Bonchev–Trinajstić information content (AvgIpc) is 2.46. The van der Waals surface area contributed by atoms with Gasteiger partial charge in [0.05, 0.1) is 11.7 Å². The quantitative estimate of drug-likeness (QED) is 0.623. The molecule has 0 saturated carbocycles. The van der Waals surface area contributed by atoms with Crippen molar-refractivity contribution in [2.24, 2.45) is 0 Å². The third-order valence-electron chi connectivity index (χ3n) is 3.56. The molecule has 0 N–H and O–H groups in total. The number of benzene rings is 2. The van der Waals surface area contributed by atoms with E-state index in [1.165, 1.54) is 17.8 Å². The molecular formula is C18H16FN. The maximum absolute atomic E-state index is 13.3. The van der Waals surface area contributed by atoms with E-state index in [-0.39, 0.29) is 5.82 Å². The van der Waals surface area contributed by atoms with Gasteiger partial charge >= 0.3 is 0 Å². The molecule has 2 heteroatoms. The Hall–Kier alpha value is -2.22. The summed E-state index contributed by atoms with van der Waals surface area (Å²) in [5.74, 6) is 0.226. The van der Waals surface area contributed by atoms with Crippen LogP contribution in [0.3, 0.4) is 0 Å². The lowest BCUT2D eigenvalue weighted by Crippen LogP contribution is -1.87. The smallest absolute Gasteiger partial charge is 0.142 e. The highest BCUT2D eigenvalue weighted by molar-refractivity contribution is 5.84. The largest absolute Gasteiger partial charge is 0.253 e. The minimum atomic E-state index is -0.301. The van der Waals surface area contributed by atoms with E-state index in [1.807, 2.05) is 18.2 Å². The van der Waals surface area contributed by atoms with E-state index in [1.54, 1.807) is 0 Å². The summed E-state index contributed by atoms with van der Waals surface area (Å²) >= 11 is 0. The van der Waals surface area contributed by atoms with Gasteiger partial charge < -0.3 is 0 Å². The number of hydrogen-bond acceptors (Lipinski definition) is 1. The molecule has 0 radical (unpaired) electrons. The van der Waals surface area contributed by atoms with Crippen molar-refractivity contribution in [3.8, 4) is 11.1 Å². The summed E-state index contributed by atoms with van der Waals surface area (Å²) in [5, 5.41) is 0.829. The number of halogens is 1. The van der Waals surface area contributed by atoms with Gasteiger partial charge in [-0.3, -0.25) is 4.98 Å². The summed E-state index contributed by atoms with van der Waals surface area (Å²) in [5.41, 5.74) is 4.36. The Morgan fingerprint density at radius 2 is 1.60 bits per heavy atom. The molecule has 3 rings (SSSR count). The lowest BCUT2D eigenvalue weighted by atomic mass is 9.98. The van der Waals surface area contributed by atoms with Crippen molar-refractivity contribution in [1.29, 1.82) is 0 Å². The Labute approximate surface area is 118 Å². The predicted molar refractivity (Wildman–Crippen MR) is 81.2 cm³/mol. The Morgan fingerprint density at radius 3 is 2.30 bits per heavy atom. The third kappa shape index (κ3) is 2.42. The summed E-state index contributed by atoms with van der Waals surface area (Å²) in [6.07, 6.45) is 1.25. The molecule has 3 aromatic rings. The third-order valence-corrected chi connectivity index (χ3v) is 3.56. The summed E-state index contributed by atoms with van der Waals surface area (Å²) in [4.78, 5) is 4.08. The van der Waals surface area contributed by atoms with Crippen LogP contribution in [0.5, 0.6) is 0 Å². The van der Waals surface area contributed by atoms with Gasteiger partial charge in [0.15, 0.2) is 0 Å². The van der Waals surface area contributed by atoms with E-state index in [9.17, 15) is 4.39 Å². The molecule has 0 saturated heterocycles. The van der Waals surface area contributed by atoms with E-state index in [4.69, 9.17) is 0 Å². The fourth-order valence-electron chi connectivity index (χ4n) is 2.34. The van der Waals surface area contributed by atoms with Crippen LogP contribution in [-0.4, -0.2) is 4.98 Å². The van der Waals surface area contributed by atoms with Crippen molar-refractivity contribution in [3.05, 3.63) is 66.1 Å². The summed E-state index contributed by atoms with van der Waals surface area (Å²) in [7, 11) is 0. The highest BCUT2D eigenvalue weighted by Gasteiger charge is 2.03. The Kier molecular flexibility index (Phi) is 3.23. The van der Waals surface area contributed by atoms with E-state index in [2.05, 4.69) is 43.1 Å². The predicted octanol–water partition coefficient (Wildman–Crippen LogP) is 5.16. The zero-order valence-electron chi connectivity index (χ0n) is 11.6. The molecule has 0 aliphatic carbocycles. The zero-order valence-corrected chi connectivity index (χ0v) is 11.6. The highest BCUT2D eigenvalue weighted by Crippen LogP contribution is 2.25. The molecule has 1 heterocycles. The molecule has 2 aromatic carbocycles. The van der Waals surface area contributed by atoms with Gasteiger partial charge in [-0.05, 0) is 40.8 Å². The van der Waals surface area contributed by atoms with E-state index in [0.717, 1.165) is 22.0 Å². The fraction of sp³-hybridized carbons (Fsp3) is 0.167. The monoisotopic (exact) mass is 265 g/mol. The molecule has 0 fully saturated rings. The Balaban J connectivity index is 2.05. The van der Waals surface area contributed by atoms with Crippen LogP contribution in [0.4, 0.5) is 4.39 Å². The molecular weight excluding hydrogens is 249 g/mol. The maximum atomic E-state index is 13.3. The highest BCUT2D eigenvalue weighted by atomic mass is 19.1. The lowest BCUT2D eigenvalue weighted by molar-refractivity contribution is 0.624. The molecule has 0 aliphatic rings. The van der Waals surface area contributed by atoms with Gasteiger partial charge in [0.2, 0.25) is 0 Å².